The second-order valence-corrected chi connectivity index (χ2v) is 5.55. The second kappa shape index (κ2) is 6.82. The van der Waals surface area contributed by atoms with Crippen molar-refractivity contribution in [1.29, 1.82) is 0 Å². The minimum absolute atomic E-state index is 0.0846. The van der Waals surface area contributed by atoms with E-state index in [1.165, 1.54) is 14.2 Å². The molecular formula is C9H19NO5S. The van der Waals surface area contributed by atoms with Gasteiger partial charge >= 0.3 is 5.97 Å². The Labute approximate surface area is 96.4 Å². The number of hydrogen-bond acceptors (Lipinski definition) is 5. The molecule has 7 heteroatoms. The van der Waals surface area contributed by atoms with E-state index in [9.17, 15) is 13.2 Å². The van der Waals surface area contributed by atoms with E-state index in [4.69, 9.17) is 0 Å². The van der Waals surface area contributed by atoms with Crippen molar-refractivity contribution in [3.05, 3.63) is 0 Å². The van der Waals surface area contributed by atoms with E-state index in [2.05, 4.69) is 14.2 Å². The van der Waals surface area contributed by atoms with Gasteiger partial charge in [0, 0.05) is 7.11 Å². The Kier molecular flexibility index (Phi) is 6.54. The number of methoxy groups -OCH3 is 2. The fraction of sp³-hybridized carbons (Fsp3) is 0.889. The summed E-state index contributed by atoms with van der Waals surface area (Å²) in [6.07, 6.45) is 0. The van der Waals surface area contributed by atoms with Crippen LogP contribution in [-0.2, 0) is 24.3 Å². The van der Waals surface area contributed by atoms with Crippen LogP contribution < -0.4 is 4.72 Å². The van der Waals surface area contributed by atoms with Crippen molar-refractivity contribution < 1.29 is 22.7 Å². The van der Waals surface area contributed by atoms with E-state index in [-0.39, 0.29) is 18.3 Å². The summed E-state index contributed by atoms with van der Waals surface area (Å²) in [7, 11) is -0.883. The molecule has 0 aliphatic rings. The lowest BCUT2D eigenvalue weighted by molar-refractivity contribution is -0.143. The number of nitrogens with one attached hydrogen (secondary N) is 1. The summed E-state index contributed by atoms with van der Waals surface area (Å²) >= 11 is 0. The van der Waals surface area contributed by atoms with Crippen molar-refractivity contribution in [3.63, 3.8) is 0 Å². The molecular weight excluding hydrogens is 234 g/mol. The molecule has 6 nitrogen and oxygen atoms in total. The first kappa shape index (κ1) is 15.3. The normalized spacial score (nSPS) is 13.8. The lowest BCUT2D eigenvalue weighted by Crippen LogP contribution is -2.46. The van der Waals surface area contributed by atoms with Crippen molar-refractivity contribution in [3.8, 4) is 0 Å². The van der Waals surface area contributed by atoms with Crippen LogP contribution in [0.25, 0.3) is 0 Å². The molecule has 0 saturated carbocycles. The van der Waals surface area contributed by atoms with Crippen molar-refractivity contribution in [2.75, 3.05) is 26.6 Å². The quantitative estimate of drug-likeness (QED) is 0.633. The van der Waals surface area contributed by atoms with E-state index < -0.39 is 22.0 Å². The highest BCUT2D eigenvalue weighted by atomic mass is 32.2. The number of sulfonamides is 1. The van der Waals surface area contributed by atoms with Gasteiger partial charge in [0.15, 0.2) is 0 Å². The maximum Gasteiger partial charge on any atom is 0.324 e. The van der Waals surface area contributed by atoms with E-state index in [0.717, 1.165) is 0 Å². The SMILES string of the molecule is COCCS(=O)(=O)NC(C(=O)OC)C(C)C. The van der Waals surface area contributed by atoms with Gasteiger partial charge in [0.2, 0.25) is 10.0 Å². The Morgan fingerprint density at radius 3 is 2.25 bits per heavy atom. The zero-order chi connectivity index (χ0) is 12.8. The number of carbonyl (C=O) groups excluding carboxylic acids is 1. The van der Waals surface area contributed by atoms with Gasteiger partial charge in [-0.1, -0.05) is 13.8 Å². The Morgan fingerprint density at radius 2 is 1.88 bits per heavy atom. The minimum Gasteiger partial charge on any atom is -0.468 e. The fourth-order valence-corrected chi connectivity index (χ4v) is 2.29. The van der Waals surface area contributed by atoms with Crippen molar-refractivity contribution >= 4 is 16.0 Å². The van der Waals surface area contributed by atoms with Crippen LogP contribution in [0.2, 0.25) is 0 Å². The molecule has 0 aliphatic heterocycles. The molecule has 0 heterocycles. The van der Waals surface area contributed by atoms with Crippen LogP contribution >= 0.6 is 0 Å². The third kappa shape index (κ3) is 5.43. The van der Waals surface area contributed by atoms with Gasteiger partial charge in [-0.2, -0.15) is 0 Å². The molecule has 0 spiro atoms. The summed E-state index contributed by atoms with van der Waals surface area (Å²) in [6, 6.07) is -0.855. The minimum atomic E-state index is -3.52. The Morgan fingerprint density at radius 1 is 1.31 bits per heavy atom. The third-order valence-electron chi connectivity index (χ3n) is 1.98. The second-order valence-electron chi connectivity index (χ2n) is 3.67. The van der Waals surface area contributed by atoms with Gasteiger partial charge < -0.3 is 9.47 Å². The zero-order valence-corrected chi connectivity index (χ0v) is 10.8. The zero-order valence-electron chi connectivity index (χ0n) is 10.0. The van der Waals surface area contributed by atoms with E-state index in [1.54, 1.807) is 13.8 Å². The molecule has 0 rings (SSSR count). The van der Waals surface area contributed by atoms with Crippen molar-refractivity contribution in [2.24, 2.45) is 5.92 Å². The first-order valence-corrected chi connectivity index (χ1v) is 6.56. The predicted octanol–water partition coefficient (Wildman–Crippen LogP) is -0.250. The van der Waals surface area contributed by atoms with Crippen molar-refractivity contribution in [2.45, 2.75) is 19.9 Å². The molecule has 0 saturated heterocycles. The van der Waals surface area contributed by atoms with Gasteiger partial charge in [-0.15, -0.1) is 0 Å². The van der Waals surface area contributed by atoms with Crippen LogP contribution in [0.5, 0.6) is 0 Å². The fourth-order valence-electron chi connectivity index (χ4n) is 1.03. The van der Waals surface area contributed by atoms with Gasteiger partial charge in [-0.25, -0.2) is 13.1 Å². The van der Waals surface area contributed by atoms with Gasteiger partial charge in [0.05, 0.1) is 19.5 Å². The molecule has 0 bridgehead atoms. The van der Waals surface area contributed by atoms with Crippen LogP contribution in [0.1, 0.15) is 13.8 Å². The lowest BCUT2D eigenvalue weighted by atomic mass is 10.1. The average molecular weight is 253 g/mol. The Bertz CT molecular complexity index is 312. The van der Waals surface area contributed by atoms with Crippen LogP contribution in [0.15, 0.2) is 0 Å². The summed E-state index contributed by atoms with van der Waals surface area (Å²) in [5.41, 5.74) is 0. The lowest BCUT2D eigenvalue weighted by Gasteiger charge is -2.19. The summed E-state index contributed by atoms with van der Waals surface area (Å²) in [5.74, 6) is -0.940. The molecule has 0 aromatic rings. The molecule has 0 radical (unpaired) electrons. The van der Waals surface area contributed by atoms with Crippen LogP contribution in [0.4, 0.5) is 0 Å². The highest BCUT2D eigenvalue weighted by Crippen LogP contribution is 2.05. The van der Waals surface area contributed by atoms with Crippen molar-refractivity contribution in [1.82, 2.24) is 4.72 Å². The molecule has 1 N–H and O–H groups in total. The Balaban J connectivity index is 4.57. The van der Waals surface area contributed by atoms with E-state index >= 15 is 0 Å². The molecule has 0 aliphatic carbocycles. The maximum absolute atomic E-state index is 11.5. The highest BCUT2D eigenvalue weighted by Gasteiger charge is 2.27. The van der Waals surface area contributed by atoms with Gasteiger partial charge in [0.25, 0.3) is 0 Å². The summed E-state index contributed by atoms with van der Waals surface area (Å²) < 4.78 is 34.5. The maximum atomic E-state index is 11.5. The standard InChI is InChI=1S/C9H19NO5S/c1-7(2)8(9(11)15-4)10-16(12,13)6-5-14-3/h7-8,10H,5-6H2,1-4H3. The van der Waals surface area contributed by atoms with Crippen LogP contribution in [0.3, 0.4) is 0 Å². The molecule has 16 heavy (non-hydrogen) atoms. The molecule has 0 amide bonds. The molecule has 1 unspecified atom stereocenters. The molecule has 96 valence electrons. The number of ether oxygens (including phenoxy) is 2. The largest absolute Gasteiger partial charge is 0.468 e. The number of esters is 1. The van der Waals surface area contributed by atoms with Gasteiger partial charge in [-0.05, 0) is 5.92 Å². The number of hydrogen-bond donors (Lipinski definition) is 1. The topological polar surface area (TPSA) is 81.7 Å². The molecule has 0 aromatic heterocycles. The number of rotatable bonds is 7. The highest BCUT2D eigenvalue weighted by molar-refractivity contribution is 7.89. The van der Waals surface area contributed by atoms with Crippen LogP contribution in [0, 0.1) is 5.92 Å². The van der Waals surface area contributed by atoms with Gasteiger partial charge in [-0.3, -0.25) is 4.79 Å². The van der Waals surface area contributed by atoms with Gasteiger partial charge in [0.1, 0.15) is 6.04 Å². The summed E-state index contributed by atoms with van der Waals surface area (Å²) in [5, 5.41) is 0. The molecule has 1 atom stereocenters. The average Bonchev–Trinajstić information content (AvgIpc) is 2.22. The van der Waals surface area contributed by atoms with E-state index in [0.29, 0.717) is 0 Å². The third-order valence-corrected chi connectivity index (χ3v) is 3.30. The smallest absolute Gasteiger partial charge is 0.324 e. The Hall–Kier alpha value is -0.660. The summed E-state index contributed by atoms with van der Waals surface area (Å²) in [6.45, 7) is 3.56. The van der Waals surface area contributed by atoms with E-state index in [1.807, 2.05) is 0 Å². The predicted molar refractivity (Wildman–Crippen MR) is 59.4 cm³/mol. The van der Waals surface area contributed by atoms with Crippen LogP contribution in [-0.4, -0.2) is 47.0 Å². The molecule has 0 fully saturated rings. The first-order valence-electron chi connectivity index (χ1n) is 4.90. The molecule has 0 aromatic carbocycles. The monoisotopic (exact) mass is 253 g/mol. The first-order chi connectivity index (χ1) is 7.34. The summed E-state index contributed by atoms with van der Waals surface area (Å²) in [4.78, 5) is 11.3. The number of carbonyl (C=O) groups is 1.